The Labute approximate surface area is 147 Å². The number of carbonyl (C=O) groups excluding carboxylic acids is 2. The summed E-state index contributed by atoms with van der Waals surface area (Å²) in [7, 11) is 1.59. The largest absolute Gasteiger partial charge is 0.467 e. The maximum atomic E-state index is 12.7. The molecule has 0 spiro atoms. The number of hydrogen-bond acceptors (Lipinski definition) is 4. The molecule has 0 radical (unpaired) electrons. The molecule has 0 fully saturated rings. The van der Waals surface area contributed by atoms with Crippen molar-refractivity contribution < 1.29 is 18.7 Å². The molecule has 0 aliphatic heterocycles. The van der Waals surface area contributed by atoms with Gasteiger partial charge in [-0.25, -0.2) is 0 Å². The summed E-state index contributed by atoms with van der Waals surface area (Å²) < 4.78 is 10.8. The minimum absolute atomic E-state index is 0.103. The Bertz CT molecular complexity index is 680. The summed E-state index contributed by atoms with van der Waals surface area (Å²) in [6.45, 7) is 4.85. The van der Waals surface area contributed by atoms with Crippen molar-refractivity contribution in [2.75, 3.05) is 13.7 Å². The van der Waals surface area contributed by atoms with Gasteiger partial charge in [-0.05, 0) is 43.7 Å². The molecule has 0 aliphatic carbocycles. The van der Waals surface area contributed by atoms with Crippen LogP contribution in [-0.4, -0.2) is 36.5 Å². The highest BCUT2D eigenvalue weighted by atomic mass is 16.5. The van der Waals surface area contributed by atoms with Crippen LogP contribution in [0.25, 0.3) is 0 Å². The molecule has 6 nitrogen and oxygen atoms in total. The number of nitrogens with zero attached hydrogens (tertiary/aromatic N) is 1. The number of amides is 2. The van der Waals surface area contributed by atoms with E-state index in [1.807, 2.05) is 25.1 Å². The van der Waals surface area contributed by atoms with Crippen molar-refractivity contribution in [1.82, 2.24) is 10.2 Å². The van der Waals surface area contributed by atoms with Crippen molar-refractivity contribution in [3.8, 4) is 0 Å². The Morgan fingerprint density at radius 3 is 2.48 bits per heavy atom. The average Bonchev–Trinajstić information content (AvgIpc) is 3.13. The molecule has 1 aromatic carbocycles. The highest BCUT2D eigenvalue weighted by Crippen LogP contribution is 2.14. The Morgan fingerprint density at radius 1 is 1.20 bits per heavy atom. The molecule has 6 heteroatoms. The van der Waals surface area contributed by atoms with Gasteiger partial charge in [-0.15, -0.1) is 0 Å². The predicted molar refractivity (Wildman–Crippen MR) is 93.9 cm³/mol. The van der Waals surface area contributed by atoms with Crippen LogP contribution in [0.15, 0.2) is 47.1 Å². The normalized spacial score (nSPS) is 11.8. The van der Waals surface area contributed by atoms with Crippen molar-refractivity contribution in [1.29, 1.82) is 0 Å². The van der Waals surface area contributed by atoms with E-state index in [9.17, 15) is 9.59 Å². The van der Waals surface area contributed by atoms with Crippen LogP contribution in [0, 0.1) is 0 Å². The molecule has 0 unspecified atom stereocenters. The molecule has 1 heterocycles. The molecule has 0 saturated heterocycles. The SMILES string of the molecule is CCO[C@H](C)C(=O)N(Cc1ccc(C(=O)NC)cc1)Cc1ccco1. The Morgan fingerprint density at radius 2 is 1.92 bits per heavy atom. The smallest absolute Gasteiger partial charge is 0.252 e. The van der Waals surface area contributed by atoms with Crippen LogP contribution >= 0.6 is 0 Å². The van der Waals surface area contributed by atoms with Gasteiger partial charge in [-0.1, -0.05) is 12.1 Å². The van der Waals surface area contributed by atoms with E-state index < -0.39 is 6.10 Å². The number of hydrogen-bond donors (Lipinski definition) is 1. The van der Waals surface area contributed by atoms with Crippen molar-refractivity contribution >= 4 is 11.8 Å². The van der Waals surface area contributed by atoms with E-state index in [0.717, 1.165) is 5.56 Å². The molecule has 2 rings (SSSR count). The number of rotatable bonds is 8. The molecule has 1 N–H and O–H groups in total. The molecule has 1 aromatic heterocycles. The molecule has 25 heavy (non-hydrogen) atoms. The van der Waals surface area contributed by atoms with Crippen LogP contribution < -0.4 is 5.32 Å². The monoisotopic (exact) mass is 344 g/mol. The minimum atomic E-state index is -0.523. The summed E-state index contributed by atoms with van der Waals surface area (Å²) in [6, 6.07) is 10.8. The maximum absolute atomic E-state index is 12.7. The Hall–Kier alpha value is -2.60. The summed E-state index contributed by atoms with van der Waals surface area (Å²) in [4.78, 5) is 26.0. The van der Waals surface area contributed by atoms with Crippen LogP contribution in [0.1, 0.15) is 35.5 Å². The first kappa shape index (κ1) is 18.7. The fourth-order valence-corrected chi connectivity index (χ4v) is 2.51. The van der Waals surface area contributed by atoms with Crippen molar-refractivity contribution in [2.24, 2.45) is 0 Å². The van der Waals surface area contributed by atoms with Gasteiger partial charge in [0.1, 0.15) is 11.9 Å². The quantitative estimate of drug-likeness (QED) is 0.799. The number of nitrogens with one attached hydrogen (secondary N) is 1. The molecule has 134 valence electrons. The summed E-state index contributed by atoms with van der Waals surface area (Å²) in [5, 5.41) is 2.59. The zero-order chi connectivity index (χ0) is 18.2. The van der Waals surface area contributed by atoms with Gasteiger partial charge in [0, 0.05) is 25.8 Å². The molecule has 2 aromatic rings. The van der Waals surface area contributed by atoms with Gasteiger partial charge in [0.25, 0.3) is 11.8 Å². The minimum Gasteiger partial charge on any atom is -0.467 e. The molecule has 1 atom stereocenters. The van der Waals surface area contributed by atoms with Crippen LogP contribution in [0.3, 0.4) is 0 Å². The lowest BCUT2D eigenvalue weighted by Crippen LogP contribution is -2.38. The second-order valence-corrected chi connectivity index (χ2v) is 5.65. The molecular formula is C19H24N2O4. The van der Waals surface area contributed by atoms with Gasteiger partial charge >= 0.3 is 0 Å². The Kier molecular flexibility index (Phi) is 6.77. The van der Waals surface area contributed by atoms with Crippen LogP contribution in [-0.2, 0) is 22.6 Å². The lowest BCUT2D eigenvalue weighted by atomic mass is 10.1. The average molecular weight is 344 g/mol. The lowest BCUT2D eigenvalue weighted by Gasteiger charge is -2.25. The highest BCUT2D eigenvalue weighted by Gasteiger charge is 2.22. The highest BCUT2D eigenvalue weighted by molar-refractivity contribution is 5.93. The summed E-state index contributed by atoms with van der Waals surface area (Å²) in [6.07, 6.45) is 1.06. The zero-order valence-electron chi connectivity index (χ0n) is 14.8. The van der Waals surface area contributed by atoms with Gasteiger partial charge in [-0.2, -0.15) is 0 Å². The first-order valence-electron chi connectivity index (χ1n) is 8.29. The van der Waals surface area contributed by atoms with Crippen LogP contribution in [0.5, 0.6) is 0 Å². The van der Waals surface area contributed by atoms with Gasteiger partial charge < -0.3 is 19.4 Å². The molecule has 0 bridgehead atoms. The Balaban J connectivity index is 2.14. The summed E-state index contributed by atoms with van der Waals surface area (Å²) in [5.74, 6) is 0.465. The van der Waals surface area contributed by atoms with E-state index in [4.69, 9.17) is 9.15 Å². The fraction of sp³-hybridized carbons (Fsp3) is 0.368. The molecule has 0 aliphatic rings. The van der Waals surface area contributed by atoms with Gasteiger partial charge in [-0.3, -0.25) is 9.59 Å². The third-order valence-electron chi connectivity index (χ3n) is 3.82. The van der Waals surface area contributed by atoms with Crippen molar-refractivity contribution in [3.05, 3.63) is 59.5 Å². The van der Waals surface area contributed by atoms with Gasteiger partial charge in [0.05, 0.1) is 12.8 Å². The number of ether oxygens (including phenoxy) is 1. The second kappa shape index (κ2) is 9.03. The van der Waals surface area contributed by atoms with E-state index in [2.05, 4.69) is 5.32 Å². The third kappa shape index (κ3) is 5.19. The number of carbonyl (C=O) groups is 2. The molecule has 0 saturated carbocycles. The maximum Gasteiger partial charge on any atom is 0.252 e. The van der Waals surface area contributed by atoms with Crippen molar-refractivity contribution in [2.45, 2.75) is 33.0 Å². The summed E-state index contributed by atoms with van der Waals surface area (Å²) in [5.41, 5.74) is 1.51. The van der Waals surface area contributed by atoms with E-state index in [1.165, 1.54) is 0 Å². The van der Waals surface area contributed by atoms with E-state index in [-0.39, 0.29) is 11.8 Å². The standard InChI is InChI=1S/C19H24N2O4/c1-4-24-14(2)19(23)21(13-17-6-5-11-25-17)12-15-7-9-16(10-8-15)18(22)20-3/h5-11,14H,4,12-13H2,1-3H3,(H,20,22)/t14-/m1/s1. The first-order chi connectivity index (χ1) is 12.0. The third-order valence-corrected chi connectivity index (χ3v) is 3.82. The van der Waals surface area contributed by atoms with E-state index in [1.54, 1.807) is 43.3 Å². The zero-order valence-corrected chi connectivity index (χ0v) is 14.8. The molecule has 2 amide bonds. The second-order valence-electron chi connectivity index (χ2n) is 5.65. The van der Waals surface area contributed by atoms with E-state index in [0.29, 0.717) is 31.0 Å². The molecular weight excluding hydrogens is 320 g/mol. The first-order valence-corrected chi connectivity index (χ1v) is 8.29. The lowest BCUT2D eigenvalue weighted by molar-refractivity contribution is -0.144. The van der Waals surface area contributed by atoms with Crippen LogP contribution in [0.2, 0.25) is 0 Å². The predicted octanol–water partition coefficient (Wildman–Crippen LogP) is 2.59. The topological polar surface area (TPSA) is 71.8 Å². The van der Waals surface area contributed by atoms with Crippen LogP contribution in [0.4, 0.5) is 0 Å². The van der Waals surface area contributed by atoms with Gasteiger partial charge in [0.2, 0.25) is 0 Å². The van der Waals surface area contributed by atoms with E-state index >= 15 is 0 Å². The number of furan rings is 1. The number of benzene rings is 1. The fourth-order valence-electron chi connectivity index (χ4n) is 2.51. The van der Waals surface area contributed by atoms with Gasteiger partial charge in [0.15, 0.2) is 0 Å². The summed E-state index contributed by atoms with van der Waals surface area (Å²) >= 11 is 0. The van der Waals surface area contributed by atoms with Crippen molar-refractivity contribution in [3.63, 3.8) is 0 Å².